The minimum Gasteiger partial charge on any atom is -0.394 e. The summed E-state index contributed by atoms with van der Waals surface area (Å²) >= 11 is 0. The molecule has 0 radical (unpaired) electrons. The predicted octanol–water partition coefficient (Wildman–Crippen LogP) is -4.34. The van der Waals surface area contributed by atoms with Crippen molar-refractivity contribution >= 4 is 47.1 Å². The van der Waals surface area contributed by atoms with E-state index in [2.05, 4.69) is 37.2 Å². The Bertz CT molecular complexity index is 2030. The molecule has 31 heteroatoms. The molecule has 3 rings (SSSR count). The van der Waals surface area contributed by atoms with Gasteiger partial charge in [0.15, 0.2) is 18.9 Å². The Kier molecular flexibility index (Phi) is 38.1. The number of carbonyl (C=O) groups is 8. The van der Waals surface area contributed by atoms with Crippen molar-refractivity contribution in [3.8, 4) is 0 Å². The maximum absolute atomic E-state index is 13.8. The highest BCUT2D eigenvalue weighted by Gasteiger charge is 2.45. The van der Waals surface area contributed by atoms with Crippen LogP contribution in [0.5, 0.6) is 0 Å². The van der Waals surface area contributed by atoms with Crippen LogP contribution in [0.15, 0.2) is 0 Å². The molecule has 7 amide bonds. The first-order valence-corrected chi connectivity index (χ1v) is 31.1. The summed E-state index contributed by atoms with van der Waals surface area (Å²) in [5.41, 5.74) is -1.30. The molecule has 6 unspecified atom stereocenters. The first-order valence-electron chi connectivity index (χ1n) is 31.1. The Balaban J connectivity index is 1.62. The van der Waals surface area contributed by atoms with Crippen LogP contribution in [0.4, 0.5) is 0 Å². The van der Waals surface area contributed by atoms with Crippen LogP contribution in [-0.4, -0.2) is 265 Å². The molecule has 0 aromatic carbocycles. The zero-order valence-electron chi connectivity index (χ0n) is 52.0. The fourth-order valence-corrected chi connectivity index (χ4v) is 10.2. The minimum atomic E-state index is -1.31. The number of ether oxygens (including phenoxy) is 7. The van der Waals surface area contributed by atoms with Crippen LogP contribution in [0.1, 0.15) is 130 Å². The summed E-state index contributed by atoms with van der Waals surface area (Å²) in [7, 11) is 1.55. The maximum atomic E-state index is 13.8. The van der Waals surface area contributed by atoms with E-state index in [0.29, 0.717) is 32.4 Å². The lowest BCUT2D eigenvalue weighted by atomic mass is 9.82. The van der Waals surface area contributed by atoms with Gasteiger partial charge in [0.1, 0.15) is 42.4 Å². The van der Waals surface area contributed by atoms with E-state index in [1.165, 1.54) is 0 Å². The number of aliphatic hydroxyl groups excluding tert-OH is 9. The summed E-state index contributed by atoms with van der Waals surface area (Å²) in [6.45, 7) is 4.50. The summed E-state index contributed by atoms with van der Waals surface area (Å²) in [5, 5.41) is 109. The van der Waals surface area contributed by atoms with E-state index in [4.69, 9.17) is 33.2 Å². The quantitative estimate of drug-likeness (QED) is 0.0256. The van der Waals surface area contributed by atoms with Gasteiger partial charge in [-0.15, -0.1) is 0 Å². The van der Waals surface area contributed by atoms with Gasteiger partial charge in [0.05, 0.1) is 77.2 Å². The van der Waals surface area contributed by atoms with E-state index < -0.39 is 141 Å². The van der Waals surface area contributed by atoms with Crippen molar-refractivity contribution in [3.63, 3.8) is 0 Å². The highest BCUT2D eigenvalue weighted by Crippen LogP contribution is 2.30. The molecule has 0 aromatic rings. The van der Waals surface area contributed by atoms with Gasteiger partial charge < -0.3 is 116 Å². The molecule has 0 aliphatic carbocycles. The van der Waals surface area contributed by atoms with Crippen molar-refractivity contribution < 1.29 is 117 Å². The molecule has 514 valence electrons. The van der Waals surface area contributed by atoms with Gasteiger partial charge in [-0.3, -0.25) is 38.4 Å². The van der Waals surface area contributed by atoms with Gasteiger partial charge in [-0.05, 0) is 51.4 Å². The summed E-state index contributed by atoms with van der Waals surface area (Å²) in [6.07, 6.45) is -12.7. The first-order chi connectivity index (χ1) is 42.5. The number of aliphatic hydroxyl groups is 9. The number of carbonyl (C=O) groups excluding carboxylic acids is 8. The van der Waals surface area contributed by atoms with E-state index in [-0.39, 0.29) is 166 Å². The molecule has 0 bridgehead atoms. The third kappa shape index (κ3) is 29.2. The molecule has 15 atom stereocenters. The second-order valence-electron chi connectivity index (χ2n) is 23.0. The topological polar surface area (TPSA) is 467 Å². The summed E-state index contributed by atoms with van der Waals surface area (Å²) in [6, 6.07) is 0. The standard InChI is InChI=1S/C58H103N7O24/c1-35-49(77)52(80)39(32-66)87-55(35)84-29-16-45(73)59-22-6-10-38(69)13-19-58(65-48(76)12-5-11-42(70)64-27-9-28-83-4,20-14-43(71)60-23-7-25-62-46(74)17-30-85-56-36(2)50(78)53(81)40(33-67)88-56)21-15-44(72)61-24-8-26-63-47(75)18-31-86-57-37(3)51(79)54(82)41(34-68)89-57/h35-37,39-41,49-57,66-68,77-82H,5-34H2,1-4H3,(H,59,73)(H,60,71)(H,61,72)(H,62,74)(H,63,75)(H,64,70)(H,65,76)/t35?,36?,37?,39?,40?,41?,49-,50-,51-,52+,53+,54+,55-,56-,57-,58?/m1/s1. The van der Waals surface area contributed by atoms with Gasteiger partial charge in [-0.1, -0.05) is 20.8 Å². The Hall–Kier alpha value is -4.68. The first kappa shape index (κ1) is 78.6. The third-order valence-electron chi connectivity index (χ3n) is 16.0. The second-order valence-corrected chi connectivity index (χ2v) is 23.0. The van der Waals surface area contributed by atoms with Crippen LogP contribution in [0.3, 0.4) is 0 Å². The number of methoxy groups -OCH3 is 1. The zero-order chi connectivity index (χ0) is 65.9. The van der Waals surface area contributed by atoms with Crippen molar-refractivity contribution in [1.29, 1.82) is 0 Å². The molecular formula is C58H103N7O24. The Morgan fingerprint density at radius 2 is 0.685 bits per heavy atom. The van der Waals surface area contributed by atoms with Crippen LogP contribution in [0.2, 0.25) is 0 Å². The van der Waals surface area contributed by atoms with Gasteiger partial charge in [0, 0.05) is 115 Å². The summed E-state index contributed by atoms with van der Waals surface area (Å²) in [5.74, 6) is -4.88. The monoisotopic (exact) mass is 1280 g/mol. The average Bonchev–Trinajstić information content (AvgIpc) is 2.25. The number of Topliss-reactive ketones (excluding diaryl/α,β-unsaturated/α-hetero) is 1. The molecule has 3 aliphatic rings. The van der Waals surface area contributed by atoms with Crippen LogP contribution >= 0.6 is 0 Å². The molecule has 3 saturated heterocycles. The zero-order valence-corrected chi connectivity index (χ0v) is 52.0. The molecule has 0 spiro atoms. The predicted molar refractivity (Wildman–Crippen MR) is 313 cm³/mol. The van der Waals surface area contributed by atoms with Crippen molar-refractivity contribution in [1.82, 2.24) is 37.2 Å². The largest absolute Gasteiger partial charge is 0.394 e. The lowest BCUT2D eigenvalue weighted by Gasteiger charge is -2.40. The summed E-state index contributed by atoms with van der Waals surface area (Å²) in [4.78, 5) is 105. The molecule has 0 saturated carbocycles. The summed E-state index contributed by atoms with van der Waals surface area (Å²) < 4.78 is 38.5. The number of hydrogen-bond donors (Lipinski definition) is 16. The molecule has 3 fully saturated rings. The number of ketones is 1. The molecule has 89 heavy (non-hydrogen) atoms. The van der Waals surface area contributed by atoms with Crippen LogP contribution < -0.4 is 37.2 Å². The Morgan fingerprint density at radius 3 is 1.04 bits per heavy atom. The molecule has 0 aromatic heterocycles. The average molecular weight is 1280 g/mol. The highest BCUT2D eigenvalue weighted by atomic mass is 16.7. The van der Waals surface area contributed by atoms with E-state index in [0.717, 1.165) is 0 Å². The highest BCUT2D eigenvalue weighted by molar-refractivity contribution is 5.82. The molecular weight excluding hydrogens is 1180 g/mol. The number of nitrogens with one attached hydrogen (secondary N) is 7. The fraction of sp³-hybridized carbons (Fsp3) is 0.862. The van der Waals surface area contributed by atoms with Crippen molar-refractivity contribution in [2.45, 2.75) is 209 Å². The van der Waals surface area contributed by atoms with Gasteiger partial charge in [-0.25, -0.2) is 0 Å². The van der Waals surface area contributed by atoms with Crippen molar-refractivity contribution in [2.24, 2.45) is 17.8 Å². The third-order valence-corrected chi connectivity index (χ3v) is 16.0. The lowest BCUT2D eigenvalue weighted by molar-refractivity contribution is -0.282. The Labute approximate surface area is 520 Å². The normalized spacial score (nSPS) is 27.5. The molecule has 31 nitrogen and oxygen atoms in total. The molecule has 3 aliphatic heterocycles. The number of amides is 7. The number of rotatable bonds is 45. The van der Waals surface area contributed by atoms with Crippen LogP contribution in [-0.2, 0) is 71.5 Å². The van der Waals surface area contributed by atoms with Gasteiger partial charge in [0.25, 0.3) is 0 Å². The van der Waals surface area contributed by atoms with Gasteiger partial charge >= 0.3 is 0 Å². The Morgan fingerprint density at radius 1 is 0.371 bits per heavy atom. The minimum absolute atomic E-state index is 0.00447. The van der Waals surface area contributed by atoms with Crippen LogP contribution in [0, 0.1) is 17.8 Å². The fourth-order valence-electron chi connectivity index (χ4n) is 10.2. The number of hydrogen-bond acceptors (Lipinski definition) is 24. The van der Waals surface area contributed by atoms with Crippen molar-refractivity contribution in [2.75, 3.05) is 92.6 Å². The van der Waals surface area contributed by atoms with E-state index in [9.17, 15) is 84.3 Å². The second kappa shape index (κ2) is 43.2. The molecule has 16 N–H and O–H groups in total. The molecule has 3 heterocycles. The van der Waals surface area contributed by atoms with E-state index in [1.807, 2.05) is 0 Å². The van der Waals surface area contributed by atoms with Gasteiger partial charge in [0.2, 0.25) is 41.4 Å². The van der Waals surface area contributed by atoms with Crippen molar-refractivity contribution in [3.05, 3.63) is 0 Å². The van der Waals surface area contributed by atoms with E-state index in [1.54, 1.807) is 27.9 Å². The van der Waals surface area contributed by atoms with E-state index >= 15 is 0 Å². The SMILES string of the molecule is COCCCNC(=O)CCCC(=O)NC(CCC(=O)CCCNC(=O)CCO[C@@H]1OC(CO)[C@H](O)[C@H](O)C1C)(CCC(=O)NCCCNC(=O)CCO[C@@H]1OC(CO)[C@H](O)[C@H](O)C1C)CCC(=O)NCCCNC(=O)CCO[C@@H]1OC(CO)[C@H](O)[C@H](O)C1C. The van der Waals surface area contributed by atoms with Crippen LogP contribution in [0.25, 0.3) is 0 Å². The maximum Gasteiger partial charge on any atom is 0.222 e. The smallest absolute Gasteiger partial charge is 0.222 e. The lowest BCUT2D eigenvalue weighted by Crippen LogP contribution is -2.55. The van der Waals surface area contributed by atoms with Gasteiger partial charge in [-0.2, -0.15) is 0 Å².